The van der Waals surface area contributed by atoms with Crippen molar-refractivity contribution in [2.24, 2.45) is 0 Å². The minimum absolute atomic E-state index is 0.123. The Labute approximate surface area is 159 Å². The Morgan fingerprint density at radius 1 is 1.28 bits per heavy atom. The highest BCUT2D eigenvalue weighted by Gasteiger charge is 2.23. The molecular formula is C16H21IN2O6. The molecule has 138 valence electrons. The second-order valence-electron chi connectivity index (χ2n) is 6.28. The molecule has 1 aromatic carbocycles. The van der Waals surface area contributed by atoms with Crippen LogP contribution in [0.2, 0.25) is 0 Å². The number of rotatable bonds is 4. The van der Waals surface area contributed by atoms with E-state index in [4.69, 9.17) is 4.74 Å². The van der Waals surface area contributed by atoms with E-state index >= 15 is 0 Å². The van der Waals surface area contributed by atoms with E-state index < -0.39 is 29.6 Å². The van der Waals surface area contributed by atoms with Gasteiger partial charge < -0.3 is 20.0 Å². The zero-order chi connectivity index (χ0) is 19.2. The second-order valence-corrected chi connectivity index (χ2v) is 7.44. The van der Waals surface area contributed by atoms with E-state index in [0.29, 0.717) is 9.13 Å². The highest BCUT2D eigenvalue weighted by molar-refractivity contribution is 14.1. The third-order valence-electron chi connectivity index (χ3n) is 2.77. The largest absolute Gasteiger partial charge is 0.533 e. The van der Waals surface area contributed by atoms with Gasteiger partial charge in [0.05, 0.1) is 3.57 Å². The van der Waals surface area contributed by atoms with Crippen molar-refractivity contribution in [3.8, 4) is 5.75 Å². The van der Waals surface area contributed by atoms with Crippen LogP contribution in [0.1, 0.15) is 33.3 Å². The normalized spacial score (nSPS) is 12.0. The Kier molecular flexibility index (Phi) is 7.46. The minimum atomic E-state index is -1.05. The van der Waals surface area contributed by atoms with E-state index in [1.165, 1.54) is 13.0 Å². The van der Waals surface area contributed by atoms with Gasteiger partial charge in [0, 0.05) is 13.3 Å². The van der Waals surface area contributed by atoms with Crippen molar-refractivity contribution >= 4 is 40.6 Å². The first-order valence-electron chi connectivity index (χ1n) is 7.42. The van der Waals surface area contributed by atoms with Crippen molar-refractivity contribution in [1.82, 2.24) is 10.8 Å². The molecule has 8 nitrogen and oxygen atoms in total. The monoisotopic (exact) mass is 464 g/mol. The summed E-state index contributed by atoms with van der Waals surface area (Å²) in [4.78, 5) is 39.6. The summed E-state index contributed by atoms with van der Waals surface area (Å²) in [5, 5.41) is 12.0. The lowest BCUT2D eigenvalue weighted by Gasteiger charge is -2.20. The maximum atomic E-state index is 12.2. The van der Waals surface area contributed by atoms with Crippen LogP contribution >= 0.6 is 22.6 Å². The first kappa shape index (κ1) is 21.0. The lowest BCUT2D eigenvalue weighted by Crippen LogP contribution is -2.48. The standard InChI is InChI=1S/C16H21IN2O6/c1-9(20)18-12(8-10-5-6-13(21)11(17)7-10)14(22)19-25-15(23)24-16(2,3)4/h5-7,12,21H,8H2,1-4H3,(H,18,20)(H,19,22)/t12-/m0/s1. The van der Waals surface area contributed by atoms with Gasteiger partial charge in [-0.15, -0.1) is 0 Å². The lowest BCUT2D eigenvalue weighted by molar-refractivity contribution is -0.137. The number of hydrogen-bond acceptors (Lipinski definition) is 6. The molecule has 0 saturated carbocycles. The number of aromatic hydroxyl groups is 1. The summed E-state index contributed by atoms with van der Waals surface area (Å²) >= 11 is 1.95. The Bertz CT molecular complexity index is 657. The summed E-state index contributed by atoms with van der Waals surface area (Å²) < 4.78 is 5.52. The summed E-state index contributed by atoms with van der Waals surface area (Å²) in [6, 6.07) is 3.86. The van der Waals surface area contributed by atoms with Gasteiger partial charge in [-0.25, -0.2) is 4.79 Å². The van der Waals surface area contributed by atoms with E-state index in [1.807, 2.05) is 28.1 Å². The van der Waals surface area contributed by atoms with E-state index in [0.717, 1.165) is 0 Å². The van der Waals surface area contributed by atoms with Gasteiger partial charge in [0.2, 0.25) is 5.91 Å². The molecule has 0 saturated heterocycles. The smallest absolute Gasteiger partial charge is 0.507 e. The number of ether oxygens (including phenoxy) is 1. The maximum absolute atomic E-state index is 12.2. The molecule has 0 radical (unpaired) electrons. The van der Waals surface area contributed by atoms with Gasteiger partial charge in [0.1, 0.15) is 17.4 Å². The highest BCUT2D eigenvalue weighted by Crippen LogP contribution is 2.21. The third-order valence-corrected chi connectivity index (χ3v) is 3.63. The molecule has 0 aromatic heterocycles. The number of carbonyl (C=O) groups is 3. The van der Waals surface area contributed by atoms with Crippen molar-refractivity contribution in [2.75, 3.05) is 0 Å². The van der Waals surface area contributed by atoms with Gasteiger partial charge in [0.25, 0.3) is 5.91 Å². The number of amides is 2. The fourth-order valence-electron chi connectivity index (χ4n) is 1.80. The van der Waals surface area contributed by atoms with E-state index in [1.54, 1.807) is 32.9 Å². The van der Waals surface area contributed by atoms with Crippen LogP contribution in [0.5, 0.6) is 5.75 Å². The average Bonchev–Trinajstić information content (AvgIpc) is 2.45. The molecule has 1 aromatic rings. The molecule has 1 rings (SSSR count). The summed E-state index contributed by atoms with van der Waals surface area (Å²) in [5.41, 5.74) is 1.93. The molecular weight excluding hydrogens is 443 g/mol. The zero-order valence-electron chi connectivity index (χ0n) is 14.4. The Morgan fingerprint density at radius 3 is 2.44 bits per heavy atom. The first-order valence-corrected chi connectivity index (χ1v) is 8.50. The zero-order valence-corrected chi connectivity index (χ0v) is 16.5. The van der Waals surface area contributed by atoms with Crippen LogP contribution in [-0.2, 0) is 25.6 Å². The third kappa shape index (κ3) is 8.05. The topological polar surface area (TPSA) is 114 Å². The molecule has 0 aliphatic heterocycles. The maximum Gasteiger partial charge on any atom is 0.533 e. The number of hydrogen-bond donors (Lipinski definition) is 3. The minimum Gasteiger partial charge on any atom is -0.507 e. The molecule has 0 spiro atoms. The fraction of sp³-hybridized carbons (Fsp3) is 0.438. The quantitative estimate of drug-likeness (QED) is 0.357. The van der Waals surface area contributed by atoms with Gasteiger partial charge in [0.15, 0.2) is 0 Å². The number of halogens is 1. The Hall–Kier alpha value is -2.04. The molecule has 0 aliphatic carbocycles. The molecule has 25 heavy (non-hydrogen) atoms. The molecule has 0 fully saturated rings. The molecule has 1 atom stereocenters. The Balaban J connectivity index is 2.73. The number of benzene rings is 1. The van der Waals surface area contributed by atoms with Gasteiger partial charge >= 0.3 is 6.16 Å². The lowest BCUT2D eigenvalue weighted by atomic mass is 10.1. The number of nitrogens with one attached hydrogen (secondary N) is 2. The van der Waals surface area contributed by atoms with Crippen LogP contribution in [0.3, 0.4) is 0 Å². The molecule has 9 heteroatoms. The van der Waals surface area contributed by atoms with Crippen molar-refractivity contribution in [3.63, 3.8) is 0 Å². The molecule has 2 amide bonds. The molecule has 3 N–H and O–H groups in total. The summed E-state index contributed by atoms with van der Waals surface area (Å²) in [6.07, 6.45) is -0.902. The van der Waals surface area contributed by atoms with Crippen LogP contribution in [-0.4, -0.2) is 34.7 Å². The van der Waals surface area contributed by atoms with Crippen molar-refractivity contribution in [3.05, 3.63) is 27.3 Å². The van der Waals surface area contributed by atoms with Gasteiger partial charge in [-0.2, -0.15) is 5.48 Å². The first-order chi connectivity index (χ1) is 11.5. The number of phenols is 1. The second kappa shape index (κ2) is 8.88. The van der Waals surface area contributed by atoms with Crippen LogP contribution in [0.25, 0.3) is 0 Å². The van der Waals surface area contributed by atoms with Crippen molar-refractivity contribution in [1.29, 1.82) is 0 Å². The molecule has 0 aliphatic rings. The highest BCUT2D eigenvalue weighted by atomic mass is 127. The summed E-state index contributed by atoms with van der Waals surface area (Å²) in [6.45, 7) is 6.24. The number of hydroxylamine groups is 1. The predicted octanol–water partition coefficient (Wildman–Crippen LogP) is 2.03. The van der Waals surface area contributed by atoms with Gasteiger partial charge in [-0.1, -0.05) is 6.07 Å². The molecule has 0 unspecified atom stereocenters. The molecule has 0 bridgehead atoms. The van der Waals surface area contributed by atoms with Crippen LogP contribution in [0, 0.1) is 3.57 Å². The van der Waals surface area contributed by atoms with Gasteiger partial charge in [-0.3, -0.25) is 9.59 Å². The number of phenolic OH excluding ortho intramolecular Hbond substituents is 1. The van der Waals surface area contributed by atoms with Crippen LogP contribution in [0.4, 0.5) is 4.79 Å². The van der Waals surface area contributed by atoms with Crippen molar-refractivity contribution in [2.45, 2.75) is 45.8 Å². The van der Waals surface area contributed by atoms with Crippen LogP contribution in [0.15, 0.2) is 18.2 Å². The summed E-state index contributed by atoms with van der Waals surface area (Å²) in [5.74, 6) is -0.992. The van der Waals surface area contributed by atoms with Crippen LogP contribution < -0.4 is 10.8 Å². The van der Waals surface area contributed by atoms with E-state index in [9.17, 15) is 19.5 Å². The SMILES string of the molecule is CC(=O)N[C@@H](Cc1ccc(O)c(I)c1)C(=O)NOC(=O)OC(C)(C)C. The van der Waals surface area contributed by atoms with E-state index in [-0.39, 0.29) is 12.2 Å². The number of carbonyl (C=O) groups excluding carboxylic acids is 3. The van der Waals surface area contributed by atoms with E-state index in [2.05, 4.69) is 10.2 Å². The Morgan fingerprint density at radius 2 is 1.92 bits per heavy atom. The molecule has 0 heterocycles. The predicted molar refractivity (Wildman–Crippen MR) is 97.6 cm³/mol. The van der Waals surface area contributed by atoms with Gasteiger partial charge in [-0.05, 0) is 61.1 Å². The fourth-order valence-corrected chi connectivity index (χ4v) is 2.38. The average molecular weight is 464 g/mol. The van der Waals surface area contributed by atoms with Crippen molar-refractivity contribution < 1.29 is 29.1 Å². The summed E-state index contributed by atoms with van der Waals surface area (Å²) in [7, 11) is 0.